The Bertz CT molecular complexity index is 497. The molecule has 3 nitrogen and oxygen atoms in total. The Morgan fingerprint density at radius 3 is 2.47 bits per heavy atom. The van der Waals surface area contributed by atoms with Crippen LogP contribution >= 0.6 is 11.6 Å². The number of likely N-dealkylation sites (N-methyl/N-ethyl adjacent to an activating group) is 1. The molecule has 0 atom stereocenters. The lowest BCUT2D eigenvalue weighted by atomic mass is 10.1. The summed E-state index contributed by atoms with van der Waals surface area (Å²) in [6.45, 7) is 6.87. The van der Waals surface area contributed by atoms with E-state index in [1.807, 2.05) is 17.8 Å². The Morgan fingerprint density at radius 1 is 1.21 bits per heavy atom. The summed E-state index contributed by atoms with van der Waals surface area (Å²) in [4.78, 5) is 0. The van der Waals surface area contributed by atoms with Gasteiger partial charge in [-0.2, -0.15) is 5.10 Å². The van der Waals surface area contributed by atoms with Crippen molar-refractivity contribution >= 4 is 11.6 Å². The normalized spacial score (nSPS) is 10.9. The number of rotatable bonds is 6. The maximum atomic E-state index is 6.00. The zero-order chi connectivity index (χ0) is 13.7. The predicted molar refractivity (Wildman–Crippen MR) is 79.8 cm³/mol. The molecule has 0 saturated heterocycles. The van der Waals surface area contributed by atoms with Gasteiger partial charge in [0, 0.05) is 6.20 Å². The zero-order valence-corrected chi connectivity index (χ0v) is 12.2. The highest BCUT2D eigenvalue weighted by Gasteiger charge is 2.02. The number of hydrogen-bond acceptors (Lipinski definition) is 2. The van der Waals surface area contributed by atoms with E-state index >= 15 is 0 Å². The molecule has 2 rings (SSSR count). The Labute approximate surface area is 119 Å². The third-order valence-electron chi connectivity index (χ3n) is 3.09. The average molecular weight is 278 g/mol. The molecule has 1 N–H and O–H groups in total. The van der Waals surface area contributed by atoms with Gasteiger partial charge in [0.05, 0.1) is 17.3 Å². The minimum Gasteiger partial charge on any atom is -0.317 e. The number of benzene rings is 1. The van der Waals surface area contributed by atoms with Crippen LogP contribution in [0.5, 0.6) is 0 Å². The highest BCUT2D eigenvalue weighted by Crippen LogP contribution is 2.14. The number of halogens is 1. The van der Waals surface area contributed by atoms with Gasteiger partial charge in [0.2, 0.25) is 0 Å². The van der Waals surface area contributed by atoms with Crippen molar-refractivity contribution in [3.05, 3.63) is 52.3 Å². The standard InChI is InChI=1S/C15H20ClN3/c1-3-17-9-8-13-4-6-14(7-5-13)10-19-11-15(16)12(2)18-19/h4-7,11,17H,3,8-10H2,1-2H3. The number of hydrogen-bond donors (Lipinski definition) is 1. The quantitative estimate of drug-likeness (QED) is 0.823. The van der Waals surface area contributed by atoms with Crippen LogP contribution in [0.3, 0.4) is 0 Å². The molecule has 1 heterocycles. The van der Waals surface area contributed by atoms with E-state index < -0.39 is 0 Å². The van der Waals surface area contributed by atoms with Crippen LogP contribution < -0.4 is 5.32 Å². The first-order valence-electron chi connectivity index (χ1n) is 6.67. The molecule has 2 aromatic rings. The van der Waals surface area contributed by atoms with Crippen molar-refractivity contribution in [2.24, 2.45) is 0 Å². The van der Waals surface area contributed by atoms with Gasteiger partial charge in [-0.15, -0.1) is 0 Å². The van der Waals surface area contributed by atoms with Crippen molar-refractivity contribution in [2.45, 2.75) is 26.8 Å². The summed E-state index contributed by atoms with van der Waals surface area (Å²) in [7, 11) is 0. The molecule has 1 aromatic heterocycles. The summed E-state index contributed by atoms with van der Waals surface area (Å²) < 4.78 is 1.88. The summed E-state index contributed by atoms with van der Waals surface area (Å²) in [5.74, 6) is 0. The molecule has 0 radical (unpaired) electrons. The maximum Gasteiger partial charge on any atom is 0.0815 e. The maximum absolute atomic E-state index is 6.00. The second-order valence-electron chi connectivity index (χ2n) is 4.68. The molecule has 0 saturated carbocycles. The third-order valence-corrected chi connectivity index (χ3v) is 3.47. The Kier molecular flexibility index (Phi) is 5.00. The van der Waals surface area contributed by atoms with Gasteiger partial charge >= 0.3 is 0 Å². The van der Waals surface area contributed by atoms with Gasteiger partial charge < -0.3 is 5.32 Å². The third kappa shape index (κ3) is 4.08. The van der Waals surface area contributed by atoms with E-state index in [-0.39, 0.29) is 0 Å². The first kappa shape index (κ1) is 14.1. The monoisotopic (exact) mass is 277 g/mol. The van der Waals surface area contributed by atoms with Gasteiger partial charge in [-0.25, -0.2) is 0 Å². The first-order valence-corrected chi connectivity index (χ1v) is 7.05. The summed E-state index contributed by atoms with van der Waals surface area (Å²) >= 11 is 6.00. The van der Waals surface area contributed by atoms with Crippen molar-refractivity contribution in [3.8, 4) is 0 Å². The summed E-state index contributed by atoms with van der Waals surface area (Å²) in [6, 6.07) is 8.69. The second kappa shape index (κ2) is 6.73. The molecule has 0 unspecified atom stereocenters. The van der Waals surface area contributed by atoms with E-state index in [0.29, 0.717) is 0 Å². The Balaban J connectivity index is 1.94. The van der Waals surface area contributed by atoms with E-state index in [4.69, 9.17) is 11.6 Å². The van der Waals surface area contributed by atoms with E-state index in [1.54, 1.807) is 0 Å². The Morgan fingerprint density at radius 2 is 1.89 bits per heavy atom. The number of aromatic nitrogens is 2. The van der Waals surface area contributed by atoms with Gasteiger partial charge in [-0.05, 0) is 37.6 Å². The van der Waals surface area contributed by atoms with Gasteiger partial charge in [0.1, 0.15) is 0 Å². The summed E-state index contributed by atoms with van der Waals surface area (Å²) in [5, 5.41) is 8.42. The minimum absolute atomic E-state index is 0.724. The molecule has 1 aromatic carbocycles. The van der Waals surface area contributed by atoms with E-state index in [9.17, 15) is 0 Å². The van der Waals surface area contributed by atoms with Crippen LogP contribution in [0.25, 0.3) is 0 Å². The summed E-state index contributed by atoms with van der Waals surface area (Å²) in [6.07, 6.45) is 2.94. The van der Waals surface area contributed by atoms with Crippen molar-refractivity contribution in [2.75, 3.05) is 13.1 Å². The molecule has 0 amide bonds. The van der Waals surface area contributed by atoms with E-state index in [2.05, 4.69) is 41.6 Å². The SMILES string of the molecule is CCNCCc1ccc(Cn2cc(Cl)c(C)n2)cc1. The largest absolute Gasteiger partial charge is 0.317 e. The van der Waals surface area contributed by atoms with Crippen LogP contribution in [0, 0.1) is 6.92 Å². The van der Waals surface area contributed by atoms with Crippen LogP contribution in [0.15, 0.2) is 30.5 Å². The van der Waals surface area contributed by atoms with Crippen molar-refractivity contribution in [1.82, 2.24) is 15.1 Å². The van der Waals surface area contributed by atoms with Crippen LogP contribution in [0.1, 0.15) is 23.7 Å². The van der Waals surface area contributed by atoms with Crippen LogP contribution in [-0.4, -0.2) is 22.9 Å². The highest BCUT2D eigenvalue weighted by atomic mass is 35.5. The molecule has 0 spiro atoms. The average Bonchev–Trinajstić information content (AvgIpc) is 2.71. The van der Waals surface area contributed by atoms with E-state index in [1.165, 1.54) is 11.1 Å². The van der Waals surface area contributed by atoms with Gasteiger partial charge in [0.15, 0.2) is 0 Å². The molecule has 0 fully saturated rings. The van der Waals surface area contributed by atoms with Gasteiger partial charge in [-0.3, -0.25) is 4.68 Å². The minimum atomic E-state index is 0.724. The molecular formula is C15H20ClN3. The van der Waals surface area contributed by atoms with Crippen molar-refractivity contribution < 1.29 is 0 Å². The molecule has 0 aliphatic heterocycles. The number of nitrogens with one attached hydrogen (secondary N) is 1. The lowest BCUT2D eigenvalue weighted by Crippen LogP contribution is -2.16. The van der Waals surface area contributed by atoms with Crippen LogP contribution in [0.4, 0.5) is 0 Å². The molecule has 102 valence electrons. The van der Waals surface area contributed by atoms with Gasteiger partial charge in [-0.1, -0.05) is 42.8 Å². The number of aryl methyl sites for hydroxylation is 1. The van der Waals surface area contributed by atoms with Crippen molar-refractivity contribution in [3.63, 3.8) is 0 Å². The lowest BCUT2D eigenvalue weighted by Gasteiger charge is -2.05. The molecule has 0 bridgehead atoms. The smallest absolute Gasteiger partial charge is 0.0815 e. The van der Waals surface area contributed by atoms with Gasteiger partial charge in [0.25, 0.3) is 0 Å². The molecule has 0 aliphatic carbocycles. The second-order valence-corrected chi connectivity index (χ2v) is 5.09. The fourth-order valence-electron chi connectivity index (χ4n) is 1.98. The Hall–Kier alpha value is -1.32. The lowest BCUT2D eigenvalue weighted by molar-refractivity contribution is 0.678. The highest BCUT2D eigenvalue weighted by molar-refractivity contribution is 6.31. The zero-order valence-electron chi connectivity index (χ0n) is 11.5. The topological polar surface area (TPSA) is 29.9 Å². The van der Waals surface area contributed by atoms with E-state index in [0.717, 1.165) is 36.8 Å². The molecule has 4 heteroatoms. The van der Waals surface area contributed by atoms with Crippen LogP contribution in [-0.2, 0) is 13.0 Å². The number of nitrogens with zero attached hydrogens (tertiary/aromatic N) is 2. The molecule has 0 aliphatic rings. The predicted octanol–water partition coefficient (Wildman–Crippen LogP) is 3.05. The van der Waals surface area contributed by atoms with Crippen LogP contribution in [0.2, 0.25) is 5.02 Å². The first-order chi connectivity index (χ1) is 9.19. The summed E-state index contributed by atoms with van der Waals surface area (Å²) in [5.41, 5.74) is 3.48. The van der Waals surface area contributed by atoms with Crippen molar-refractivity contribution in [1.29, 1.82) is 0 Å². The molecule has 19 heavy (non-hydrogen) atoms. The fourth-order valence-corrected chi connectivity index (χ4v) is 2.13. The fraction of sp³-hybridized carbons (Fsp3) is 0.400. The molecular weight excluding hydrogens is 258 g/mol.